The lowest BCUT2D eigenvalue weighted by Crippen LogP contribution is -2.63. The molecule has 1 aromatic rings. The predicted molar refractivity (Wildman–Crippen MR) is 126 cm³/mol. The molecule has 0 radical (unpaired) electrons. The number of fused-ring (bicyclic) bond motifs is 2. The Balaban J connectivity index is 1.12. The minimum Gasteiger partial charge on any atom is -0.481 e. The van der Waals surface area contributed by atoms with Gasteiger partial charge >= 0.3 is 12.0 Å². The highest BCUT2D eigenvalue weighted by Gasteiger charge is 2.58. The van der Waals surface area contributed by atoms with E-state index in [2.05, 4.69) is 17.4 Å². The van der Waals surface area contributed by atoms with E-state index in [-0.39, 0.29) is 41.1 Å². The lowest BCUT2D eigenvalue weighted by molar-refractivity contribution is -0.145. The van der Waals surface area contributed by atoms with Crippen LogP contribution in [0.4, 0.5) is 4.79 Å². The maximum Gasteiger partial charge on any atom is 0.317 e. The van der Waals surface area contributed by atoms with Crippen molar-refractivity contribution in [2.24, 2.45) is 28.9 Å². The van der Waals surface area contributed by atoms with Crippen LogP contribution in [0.2, 0.25) is 0 Å². The monoisotopic (exact) mass is 465 g/mol. The number of urea groups is 1. The summed E-state index contributed by atoms with van der Waals surface area (Å²) in [5.74, 6) is 0.460. The summed E-state index contributed by atoms with van der Waals surface area (Å²) in [6.45, 7) is 1.38. The zero-order valence-corrected chi connectivity index (χ0v) is 19.7. The van der Waals surface area contributed by atoms with Gasteiger partial charge in [-0.2, -0.15) is 0 Å². The molecule has 4 saturated carbocycles. The summed E-state index contributed by atoms with van der Waals surface area (Å²) in [7, 11) is 0. The molecular formula is C27H35N3O4. The SMILES string of the molecule is NC(=O)C12CC3CC(C1)C(NC(=O)N1CCC4(CC1)CC(CC(=O)O)c1ccccc14)C(C3)C2. The number of benzene rings is 1. The lowest BCUT2D eigenvalue weighted by Gasteiger charge is -2.59. The van der Waals surface area contributed by atoms with E-state index in [1.807, 2.05) is 17.0 Å². The zero-order chi connectivity index (χ0) is 23.7. The molecule has 1 aromatic carbocycles. The first-order chi connectivity index (χ1) is 16.3. The van der Waals surface area contributed by atoms with Crippen molar-refractivity contribution in [3.05, 3.63) is 35.4 Å². The van der Waals surface area contributed by atoms with E-state index in [1.165, 1.54) is 11.1 Å². The van der Waals surface area contributed by atoms with Crippen LogP contribution in [0.5, 0.6) is 0 Å². The van der Waals surface area contributed by atoms with Gasteiger partial charge in [0.2, 0.25) is 5.91 Å². The average molecular weight is 466 g/mol. The van der Waals surface area contributed by atoms with Crippen LogP contribution in [0.15, 0.2) is 24.3 Å². The van der Waals surface area contributed by atoms with Gasteiger partial charge in [-0.05, 0) is 91.6 Å². The summed E-state index contributed by atoms with van der Waals surface area (Å²) < 4.78 is 0. The van der Waals surface area contributed by atoms with Gasteiger partial charge in [0.05, 0.1) is 6.42 Å². The molecule has 1 heterocycles. The number of primary amides is 1. The molecule has 4 bridgehead atoms. The van der Waals surface area contributed by atoms with E-state index in [4.69, 9.17) is 5.73 Å². The molecule has 1 saturated heterocycles. The highest BCUT2D eigenvalue weighted by atomic mass is 16.4. The molecule has 7 rings (SSSR count). The average Bonchev–Trinajstić information content (AvgIpc) is 3.08. The van der Waals surface area contributed by atoms with Crippen molar-refractivity contribution in [3.63, 3.8) is 0 Å². The Hall–Kier alpha value is -2.57. The van der Waals surface area contributed by atoms with E-state index in [0.29, 0.717) is 30.8 Å². The summed E-state index contributed by atoms with van der Waals surface area (Å²) >= 11 is 0. The molecule has 182 valence electrons. The Morgan fingerprint density at radius 2 is 1.71 bits per heavy atom. The maximum atomic E-state index is 13.3. The number of amides is 3. The van der Waals surface area contributed by atoms with Gasteiger partial charge in [-0.3, -0.25) is 9.59 Å². The molecule has 5 aliphatic carbocycles. The van der Waals surface area contributed by atoms with Gasteiger partial charge in [0.25, 0.3) is 0 Å². The summed E-state index contributed by atoms with van der Waals surface area (Å²) in [5, 5.41) is 12.8. The Bertz CT molecular complexity index is 1010. The first-order valence-electron chi connectivity index (χ1n) is 13.0. The van der Waals surface area contributed by atoms with Gasteiger partial charge in [0.15, 0.2) is 0 Å². The molecule has 6 aliphatic rings. The molecule has 1 spiro atoms. The van der Waals surface area contributed by atoms with E-state index in [1.54, 1.807) is 0 Å². The predicted octanol–water partition coefficient (Wildman–Crippen LogP) is 3.37. The fourth-order valence-electron chi connectivity index (χ4n) is 8.83. The van der Waals surface area contributed by atoms with Gasteiger partial charge in [0, 0.05) is 24.5 Å². The molecule has 3 unspecified atom stereocenters. The van der Waals surface area contributed by atoms with Crippen LogP contribution >= 0.6 is 0 Å². The lowest BCUT2D eigenvalue weighted by atomic mass is 9.47. The minimum atomic E-state index is -0.748. The van der Waals surface area contributed by atoms with E-state index >= 15 is 0 Å². The molecule has 3 atom stereocenters. The Kier molecular flexibility index (Phi) is 4.98. The molecule has 34 heavy (non-hydrogen) atoms. The minimum absolute atomic E-state index is 0.0221. The van der Waals surface area contributed by atoms with Gasteiger partial charge < -0.3 is 21.1 Å². The Morgan fingerprint density at radius 1 is 1.03 bits per heavy atom. The maximum absolute atomic E-state index is 13.3. The Labute approximate surface area is 200 Å². The van der Waals surface area contributed by atoms with Crippen LogP contribution in [0, 0.1) is 23.2 Å². The van der Waals surface area contributed by atoms with Crippen LogP contribution in [0.1, 0.15) is 74.8 Å². The van der Waals surface area contributed by atoms with E-state index < -0.39 is 5.97 Å². The first-order valence-corrected chi connectivity index (χ1v) is 13.0. The Morgan fingerprint density at radius 3 is 2.35 bits per heavy atom. The second-order valence-electron chi connectivity index (χ2n) is 11.9. The number of hydrogen-bond donors (Lipinski definition) is 3. The number of nitrogens with zero attached hydrogens (tertiary/aromatic N) is 1. The number of carbonyl (C=O) groups is 3. The normalized spacial score (nSPS) is 36.9. The van der Waals surface area contributed by atoms with Crippen molar-refractivity contribution < 1.29 is 19.5 Å². The van der Waals surface area contributed by atoms with Gasteiger partial charge in [-0.15, -0.1) is 0 Å². The van der Waals surface area contributed by atoms with Crippen LogP contribution in [-0.2, 0) is 15.0 Å². The quantitative estimate of drug-likeness (QED) is 0.633. The molecule has 4 N–H and O–H groups in total. The number of hydrogen-bond acceptors (Lipinski definition) is 3. The number of carboxylic acids is 1. The largest absolute Gasteiger partial charge is 0.481 e. The molecule has 7 nitrogen and oxygen atoms in total. The number of piperidine rings is 1. The molecule has 5 fully saturated rings. The molecule has 7 heteroatoms. The number of likely N-dealkylation sites (tertiary alicyclic amines) is 1. The fraction of sp³-hybridized carbons (Fsp3) is 0.667. The third kappa shape index (κ3) is 3.34. The smallest absolute Gasteiger partial charge is 0.317 e. The van der Waals surface area contributed by atoms with Crippen LogP contribution in [0.25, 0.3) is 0 Å². The van der Waals surface area contributed by atoms with Gasteiger partial charge in [0.1, 0.15) is 0 Å². The summed E-state index contributed by atoms with van der Waals surface area (Å²) in [6.07, 6.45) is 7.56. The van der Waals surface area contributed by atoms with E-state index in [0.717, 1.165) is 51.4 Å². The first kappa shape index (κ1) is 21.9. The molecular weight excluding hydrogens is 430 g/mol. The fourth-order valence-corrected chi connectivity index (χ4v) is 8.83. The van der Waals surface area contributed by atoms with Crippen molar-refractivity contribution in [1.29, 1.82) is 0 Å². The number of carboxylic acid groups (broad SMARTS) is 1. The second kappa shape index (κ2) is 7.72. The number of nitrogens with one attached hydrogen (secondary N) is 1. The zero-order valence-electron chi connectivity index (χ0n) is 19.7. The summed E-state index contributed by atoms with van der Waals surface area (Å²) in [5.41, 5.74) is 7.93. The topological polar surface area (TPSA) is 113 Å². The van der Waals surface area contributed by atoms with Crippen molar-refractivity contribution in [1.82, 2.24) is 10.2 Å². The third-order valence-corrected chi connectivity index (χ3v) is 10.1. The van der Waals surface area contributed by atoms with Gasteiger partial charge in [-0.1, -0.05) is 24.3 Å². The second-order valence-corrected chi connectivity index (χ2v) is 11.9. The molecule has 1 aliphatic heterocycles. The number of aliphatic carboxylic acids is 1. The van der Waals surface area contributed by atoms with Crippen molar-refractivity contribution in [2.45, 2.75) is 75.2 Å². The molecule has 0 aromatic heterocycles. The highest BCUT2D eigenvalue weighted by molar-refractivity contribution is 5.81. The number of nitrogens with two attached hydrogens (primary N) is 1. The highest BCUT2D eigenvalue weighted by Crippen LogP contribution is 2.60. The number of carbonyl (C=O) groups excluding carboxylic acids is 2. The van der Waals surface area contributed by atoms with Crippen molar-refractivity contribution >= 4 is 17.9 Å². The molecule has 3 amide bonds. The van der Waals surface area contributed by atoms with Crippen LogP contribution in [-0.4, -0.2) is 47.0 Å². The van der Waals surface area contributed by atoms with Crippen molar-refractivity contribution in [3.8, 4) is 0 Å². The van der Waals surface area contributed by atoms with Gasteiger partial charge in [-0.25, -0.2) is 4.79 Å². The van der Waals surface area contributed by atoms with E-state index in [9.17, 15) is 19.5 Å². The third-order valence-electron chi connectivity index (χ3n) is 10.1. The summed E-state index contributed by atoms with van der Waals surface area (Å²) in [6, 6.07) is 8.47. The summed E-state index contributed by atoms with van der Waals surface area (Å²) in [4.78, 5) is 38.9. The standard InChI is InChI=1S/C27H35N3O4/c28-24(33)27-12-16-9-18(14-27)23(19(10-16)15-27)29-25(34)30-7-5-26(6-8-30)13-17(11-22(31)32)20-3-1-2-4-21(20)26/h1-4,16-19,23H,5-15H2,(H2,28,33)(H,29,34)(H,31,32). The van der Waals surface area contributed by atoms with Crippen LogP contribution < -0.4 is 11.1 Å². The van der Waals surface area contributed by atoms with Crippen LogP contribution in [0.3, 0.4) is 0 Å². The number of rotatable bonds is 4. The van der Waals surface area contributed by atoms with Crippen molar-refractivity contribution in [2.75, 3.05) is 13.1 Å².